The van der Waals surface area contributed by atoms with E-state index >= 15 is 0 Å². The van der Waals surface area contributed by atoms with Crippen LogP contribution in [0.2, 0.25) is 0 Å². The SMILES string of the molecule is C=CC(=O)OC(OC(=O)C=C)(OC(=O)C=C)c1c(CC)ccc(C(=O)O)c1C(=O)O. The van der Waals surface area contributed by atoms with Crippen molar-refractivity contribution in [2.75, 3.05) is 0 Å². The van der Waals surface area contributed by atoms with Crippen molar-refractivity contribution < 1.29 is 48.4 Å². The summed E-state index contributed by atoms with van der Waals surface area (Å²) in [4.78, 5) is 59.6. The van der Waals surface area contributed by atoms with Gasteiger partial charge in [0.15, 0.2) is 0 Å². The molecule has 0 aromatic heterocycles. The van der Waals surface area contributed by atoms with E-state index in [2.05, 4.69) is 19.7 Å². The number of carboxylic acid groups (broad SMARTS) is 2. The van der Waals surface area contributed by atoms with Gasteiger partial charge in [0, 0.05) is 18.2 Å². The molecule has 0 radical (unpaired) electrons. The predicted molar refractivity (Wildman–Crippen MR) is 100 cm³/mol. The van der Waals surface area contributed by atoms with E-state index in [1.165, 1.54) is 6.07 Å². The Labute approximate surface area is 170 Å². The molecule has 2 N–H and O–H groups in total. The molecule has 0 heterocycles. The maximum Gasteiger partial charge on any atom is 0.455 e. The van der Waals surface area contributed by atoms with Crippen LogP contribution >= 0.6 is 0 Å². The molecule has 0 aliphatic carbocycles. The fourth-order valence-corrected chi connectivity index (χ4v) is 2.43. The summed E-state index contributed by atoms with van der Waals surface area (Å²) in [6.07, 6.45) is 1.93. The Balaban J connectivity index is 4.17. The van der Waals surface area contributed by atoms with Crippen LogP contribution in [-0.4, -0.2) is 40.1 Å². The Bertz CT molecular complexity index is 886. The van der Waals surface area contributed by atoms with Crippen LogP contribution in [0.4, 0.5) is 0 Å². The van der Waals surface area contributed by atoms with Gasteiger partial charge in [-0.3, -0.25) is 0 Å². The van der Waals surface area contributed by atoms with Crippen molar-refractivity contribution in [3.05, 3.63) is 72.4 Å². The average molecular weight is 418 g/mol. The number of rotatable bonds is 10. The molecule has 0 spiro atoms. The summed E-state index contributed by atoms with van der Waals surface area (Å²) in [6.45, 7) is 11.1. The standard InChI is InChI=1S/C20H18O10/c1-5-11-9-10-12(18(24)25)16(19(26)27)17(11)20(28-13(21)6-2,29-14(22)7-3)30-15(23)8-4/h6-10H,2-5H2,1H3,(H,24,25)(H,26,27). The molecule has 158 valence electrons. The van der Waals surface area contributed by atoms with Crippen molar-refractivity contribution in [2.24, 2.45) is 0 Å². The second kappa shape index (κ2) is 9.82. The van der Waals surface area contributed by atoms with Gasteiger partial charge < -0.3 is 24.4 Å². The molecule has 0 saturated carbocycles. The normalized spacial score (nSPS) is 10.3. The lowest BCUT2D eigenvalue weighted by Gasteiger charge is -2.33. The highest BCUT2D eigenvalue weighted by Crippen LogP contribution is 2.37. The number of hydrogen-bond acceptors (Lipinski definition) is 8. The van der Waals surface area contributed by atoms with Crippen LogP contribution in [-0.2, 0) is 41.0 Å². The summed E-state index contributed by atoms with van der Waals surface area (Å²) in [5.74, 6) is -10.4. The fraction of sp³-hybridized carbons (Fsp3) is 0.150. The summed E-state index contributed by atoms with van der Waals surface area (Å²) >= 11 is 0. The minimum absolute atomic E-state index is 0.0418. The van der Waals surface area contributed by atoms with E-state index in [9.17, 15) is 34.2 Å². The number of esters is 3. The van der Waals surface area contributed by atoms with Crippen LogP contribution in [0.1, 0.15) is 38.8 Å². The fourth-order valence-electron chi connectivity index (χ4n) is 2.43. The largest absolute Gasteiger partial charge is 0.478 e. The van der Waals surface area contributed by atoms with Gasteiger partial charge in [0.1, 0.15) is 5.56 Å². The van der Waals surface area contributed by atoms with Gasteiger partial charge in [0.05, 0.1) is 11.1 Å². The lowest BCUT2D eigenvalue weighted by molar-refractivity contribution is -0.335. The summed E-state index contributed by atoms with van der Waals surface area (Å²) < 4.78 is 15.0. The molecule has 1 aromatic rings. The van der Waals surface area contributed by atoms with Crippen LogP contribution in [0, 0.1) is 0 Å². The zero-order valence-electron chi connectivity index (χ0n) is 15.9. The van der Waals surface area contributed by atoms with Gasteiger partial charge in [0.2, 0.25) is 0 Å². The molecular formula is C20H18O10. The number of benzene rings is 1. The molecule has 0 amide bonds. The Morgan fingerprint density at radius 3 is 1.60 bits per heavy atom. The highest BCUT2D eigenvalue weighted by Gasteiger charge is 2.50. The van der Waals surface area contributed by atoms with Gasteiger partial charge in [-0.1, -0.05) is 32.7 Å². The molecule has 0 aliphatic heterocycles. The predicted octanol–water partition coefficient (Wildman–Crippen LogP) is 1.94. The minimum atomic E-state index is -3.10. The lowest BCUT2D eigenvalue weighted by atomic mass is 9.92. The molecule has 0 atom stereocenters. The van der Waals surface area contributed by atoms with Gasteiger partial charge in [-0.15, -0.1) is 0 Å². The number of aryl methyl sites for hydroxylation is 1. The molecule has 0 unspecified atom stereocenters. The third-order valence-electron chi connectivity index (χ3n) is 3.63. The Kier molecular flexibility index (Phi) is 7.80. The van der Waals surface area contributed by atoms with Crippen LogP contribution in [0.15, 0.2) is 50.1 Å². The molecular weight excluding hydrogens is 400 g/mol. The van der Waals surface area contributed by atoms with E-state index in [-0.39, 0.29) is 12.0 Å². The van der Waals surface area contributed by atoms with E-state index in [0.717, 1.165) is 6.07 Å². The maximum absolute atomic E-state index is 12.0. The summed E-state index contributed by atoms with van der Waals surface area (Å²) in [5.41, 5.74) is -2.30. The highest BCUT2D eigenvalue weighted by atomic mass is 16.9. The van der Waals surface area contributed by atoms with E-state index < -0.39 is 52.5 Å². The number of carboxylic acids is 2. The summed E-state index contributed by atoms with van der Waals surface area (Å²) in [6, 6.07) is 2.20. The van der Waals surface area contributed by atoms with Crippen LogP contribution in [0.3, 0.4) is 0 Å². The van der Waals surface area contributed by atoms with E-state index in [0.29, 0.717) is 18.2 Å². The average Bonchev–Trinajstić information content (AvgIpc) is 2.71. The number of ether oxygens (including phenoxy) is 3. The van der Waals surface area contributed by atoms with Gasteiger partial charge in [0.25, 0.3) is 0 Å². The Morgan fingerprint density at radius 2 is 1.30 bits per heavy atom. The Morgan fingerprint density at radius 1 is 0.867 bits per heavy atom. The zero-order valence-corrected chi connectivity index (χ0v) is 15.9. The van der Waals surface area contributed by atoms with E-state index in [1.807, 2.05) is 0 Å². The third-order valence-corrected chi connectivity index (χ3v) is 3.63. The monoisotopic (exact) mass is 418 g/mol. The zero-order chi connectivity index (χ0) is 23.1. The lowest BCUT2D eigenvalue weighted by Crippen LogP contribution is -2.43. The molecule has 10 nitrogen and oxygen atoms in total. The highest BCUT2D eigenvalue weighted by molar-refractivity contribution is 6.03. The van der Waals surface area contributed by atoms with Crippen molar-refractivity contribution in [3.8, 4) is 0 Å². The van der Waals surface area contributed by atoms with E-state index in [4.69, 9.17) is 14.2 Å². The molecule has 10 heteroatoms. The van der Waals surface area contributed by atoms with Crippen molar-refractivity contribution in [3.63, 3.8) is 0 Å². The molecule has 30 heavy (non-hydrogen) atoms. The van der Waals surface area contributed by atoms with Gasteiger partial charge >= 0.3 is 35.8 Å². The minimum Gasteiger partial charge on any atom is -0.478 e. The molecule has 0 fully saturated rings. The first-order chi connectivity index (χ1) is 14.1. The molecule has 0 aliphatic rings. The first-order valence-corrected chi connectivity index (χ1v) is 8.25. The molecule has 1 rings (SSSR count). The van der Waals surface area contributed by atoms with Gasteiger partial charge in [-0.05, 0) is 18.1 Å². The van der Waals surface area contributed by atoms with Crippen molar-refractivity contribution in [1.82, 2.24) is 0 Å². The third kappa shape index (κ3) is 4.98. The van der Waals surface area contributed by atoms with Crippen LogP contribution in [0.5, 0.6) is 0 Å². The summed E-state index contributed by atoms with van der Waals surface area (Å²) in [7, 11) is 0. The molecule has 0 bridgehead atoms. The van der Waals surface area contributed by atoms with Gasteiger partial charge in [-0.25, -0.2) is 24.0 Å². The van der Waals surface area contributed by atoms with Crippen molar-refractivity contribution >= 4 is 29.8 Å². The second-order valence-corrected chi connectivity index (χ2v) is 5.42. The van der Waals surface area contributed by atoms with E-state index in [1.54, 1.807) is 6.92 Å². The quantitative estimate of drug-likeness (QED) is 0.327. The first-order valence-electron chi connectivity index (χ1n) is 8.25. The first kappa shape index (κ1) is 23.8. The summed E-state index contributed by atoms with van der Waals surface area (Å²) in [5, 5.41) is 19.1. The number of carbonyl (C=O) groups is 5. The molecule has 0 saturated heterocycles. The number of aromatic carboxylic acids is 2. The number of hydrogen-bond donors (Lipinski definition) is 2. The number of carbonyl (C=O) groups excluding carboxylic acids is 3. The van der Waals surface area contributed by atoms with Crippen LogP contribution < -0.4 is 0 Å². The van der Waals surface area contributed by atoms with Crippen molar-refractivity contribution in [2.45, 2.75) is 19.3 Å². The smallest absolute Gasteiger partial charge is 0.455 e. The molecule has 1 aromatic carbocycles. The van der Waals surface area contributed by atoms with Crippen molar-refractivity contribution in [1.29, 1.82) is 0 Å². The second-order valence-electron chi connectivity index (χ2n) is 5.42. The van der Waals surface area contributed by atoms with Crippen LogP contribution in [0.25, 0.3) is 0 Å². The van der Waals surface area contributed by atoms with Gasteiger partial charge in [-0.2, -0.15) is 0 Å². The Hall–Kier alpha value is -4.21. The topological polar surface area (TPSA) is 154 Å². The maximum atomic E-state index is 12.0.